The highest BCUT2D eigenvalue weighted by Crippen LogP contribution is 2.16. The number of hydrogen-bond acceptors (Lipinski definition) is 3. The van der Waals surface area contributed by atoms with Gasteiger partial charge >= 0.3 is 0 Å². The minimum atomic E-state index is -0.336. The summed E-state index contributed by atoms with van der Waals surface area (Å²) in [6.45, 7) is 3.59. The van der Waals surface area contributed by atoms with E-state index in [4.69, 9.17) is 0 Å². The fourth-order valence-corrected chi connectivity index (χ4v) is 1.36. The second kappa shape index (κ2) is 6.14. The zero-order valence-electron chi connectivity index (χ0n) is 8.90. The summed E-state index contributed by atoms with van der Waals surface area (Å²) in [7, 11) is 0. The summed E-state index contributed by atoms with van der Waals surface area (Å²) in [4.78, 5) is 10.4. The maximum absolute atomic E-state index is 10.7. The van der Waals surface area contributed by atoms with Crippen LogP contribution >= 0.6 is 0 Å². The first-order chi connectivity index (χ1) is 7.25. The lowest BCUT2D eigenvalue weighted by Gasteiger charge is -2.04. The molecule has 0 aliphatic heterocycles. The molecule has 0 aliphatic carbocycles. The number of hydrogen-bond donors (Lipinski definition) is 1. The van der Waals surface area contributed by atoms with Crippen LogP contribution in [0.5, 0.6) is 0 Å². The van der Waals surface area contributed by atoms with Gasteiger partial charge in [0.25, 0.3) is 5.69 Å². The maximum Gasteiger partial charge on any atom is 0.273 e. The molecule has 0 aromatic heterocycles. The topological polar surface area (TPSA) is 55.2 Å². The van der Waals surface area contributed by atoms with Gasteiger partial charge in [0.05, 0.1) is 4.92 Å². The van der Waals surface area contributed by atoms with Gasteiger partial charge in [-0.15, -0.1) is 0 Å². The predicted molar refractivity (Wildman–Crippen MR) is 59.7 cm³/mol. The molecule has 0 unspecified atom stereocenters. The van der Waals surface area contributed by atoms with Gasteiger partial charge in [0, 0.05) is 18.2 Å². The molecule has 0 heterocycles. The number of rotatable bonds is 6. The largest absolute Gasteiger partial charge is 0.312 e. The van der Waals surface area contributed by atoms with Crippen molar-refractivity contribution in [2.45, 2.75) is 26.3 Å². The van der Waals surface area contributed by atoms with Crippen LogP contribution in [0.2, 0.25) is 0 Å². The van der Waals surface area contributed by atoms with Crippen LogP contribution in [0.3, 0.4) is 0 Å². The minimum absolute atomic E-state index is 0.196. The predicted octanol–water partition coefficient (Wildman–Crippen LogP) is 2.48. The lowest BCUT2D eigenvalue weighted by molar-refractivity contribution is -0.385. The van der Waals surface area contributed by atoms with Crippen LogP contribution in [0.1, 0.15) is 25.3 Å². The summed E-state index contributed by atoms with van der Waals surface area (Å²) < 4.78 is 0. The van der Waals surface area contributed by atoms with Gasteiger partial charge in [-0.1, -0.05) is 31.5 Å². The third-order valence-corrected chi connectivity index (χ3v) is 2.21. The van der Waals surface area contributed by atoms with Gasteiger partial charge in [-0.25, -0.2) is 0 Å². The zero-order valence-corrected chi connectivity index (χ0v) is 8.90. The quantitative estimate of drug-likeness (QED) is 0.444. The monoisotopic (exact) mass is 208 g/mol. The SMILES string of the molecule is CCCCNCc1ccccc1[N+](=O)[O-]. The minimum Gasteiger partial charge on any atom is -0.312 e. The fourth-order valence-electron chi connectivity index (χ4n) is 1.36. The Hall–Kier alpha value is -1.42. The highest BCUT2D eigenvalue weighted by molar-refractivity contribution is 5.39. The van der Waals surface area contributed by atoms with Crippen molar-refractivity contribution in [3.63, 3.8) is 0 Å². The Morgan fingerprint density at radius 2 is 2.13 bits per heavy atom. The third kappa shape index (κ3) is 3.67. The Morgan fingerprint density at radius 3 is 2.80 bits per heavy atom. The summed E-state index contributed by atoms with van der Waals surface area (Å²) in [5.41, 5.74) is 0.945. The second-order valence-corrected chi connectivity index (χ2v) is 3.42. The molecule has 1 aromatic rings. The van der Waals surface area contributed by atoms with Crippen LogP contribution < -0.4 is 5.32 Å². The number of nitrogens with one attached hydrogen (secondary N) is 1. The first-order valence-electron chi connectivity index (χ1n) is 5.18. The molecule has 0 spiro atoms. The van der Waals surface area contributed by atoms with Gasteiger partial charge in [-0.3, -0.25) is 10.1 Å². The molecule has 0 amide bonds. The lowest BCUT2D eigenvalue weighted by Crippen LogP contribution is -2.15. The molecule has 4 nitrogen and oxygen atoms in total. The molecule has 0 fully saturated rings. The van der Waals surface area contributed by atoms with Gasteiger partial charge in [0.1, 0.15) is 0 Å². The van der Waals surface area contributed by atoms with Gasteiger partial charge in [-0.05, 0) is 13.0 Å². The Labute approximate surface area is 89.5 Å². The summed E-state index contributed by atoms with van der Waals surface area (Å²) in [5, 5.41) is 13.9. The number of para-hydroxylation sites is 1. The van der Waals surface area contributed by atoms with Crippen molar-refractivity contribution in [2.24, 2.45) is 0 Å². The summed E-state index contributed by atoms with van der Waals surface area (Å²) in [6, 6.07) is 6.84. The molecule has 1 N–H and O–H groups in total. The van der Waals surface area contributed by atoms with Crippen LogP contribution in [-0.2, 0) is 6.54 Å². The average molecular weight is 208 g/mol. The highest BCUT2D eigenvalue weighted by Gasteiger charge is 2.10. The molecule has 0 saturated heterocycles. The normalized spacial score (nSPS) is 10.2. The van der Waals surface area contributed by atoms with Crippen molar-refractivity contribution in [1.29, 1.82) is 0 Å². The molecule has 15 heavy (non-hydrogen) atoms. The van der Waals surface area contributed by atoms with Gasteiger partial charge in [0.2, 0.25) is 0 Å². The first kappa shape index (κ1) is 11.7. The third-order valence-electron chi connectivity index (χ3n) is 2.21. The van der Waals surface area contributed by atoms with Gasteiger partial charge in [0.15, 0.2) is 0 Å². The van der Waals surface area contributed by atoms with Crippen molar-refractivity contribution in [1.82, 2.24) is 5.32 Å². The molecular weight excluding hydrogens is 192 g/mol. The van der Waals surface area contributed by atoms with E-state index in [-0.39, 0.29) is 10.6 Å². The fraction of sp³-hybridized carbons (Fsp3) is 0.455. The average Bonchev–Trinajstić information content (AvgIpc) is 2.25. The standard InChI is InChI=1S/C11H16N2O2/c1-2-3-8-12-9-10-6-4-5-7-11(10)13(14)15/h4-7,12H,2-3,8-9H2,1H3. The van der Waals surface area contributed by atoms with E-state index in [9.17, 15) is 10.1 Å². The molecule has 0 atom stereocenters. The molecule has 4 heteroatoms. The maximum atomic E-state index is 10.7. The molecule has 0 saturated carbocycles. The number of unbranched alkanes of at least 4 members (excludes halogenated alkanes) is 1. The smallest absolute Gasteiger partial charge is 0.273 e. The van der Waals surface area contributed by atoms with E-state index in [0.29, 0.717) is 6.54 Å². The van der Waals surface area contributed by atoms with E-state index < -0.39 is 0 Å². The summed E-state index contributed by atoms with van der Waals surface area (Å²) >= 11 is 0. The van der Waals surface area contributed by atoms with E-state index in [1.807, 2.05) is 6.07 Å². The molecule has 1 aromatic carbocycles. The van der Waals surface area contributed by atoms with Gasteiger partial charge < -0.3 is 5.32 Å². The molecule has 1 rings (SSSR count). The van der Waals surface area contributed by atoms with Crippen LogP contribution in [0.4, 0.5) is 5.69 Å². The molecule has 82 valence electrons. The van der Waals surface area contributed by atoms with Crippen LogP contribution in [0, 0.1) is 10.1 Å². The summed E-state index contributed by atoms with van der Waals surface area (Å²) in [5.74, 6) is 0. The number of benzene rings is 1. The van der Waals surface area contributed by atoms with E-state index in [1.165, 1.54) is 6.07 Å². The Balaban J connectivity index is 2.56. The Kier molecular flexibility index (Phi) is 4.77. The van der Waals surface area contributed by atoms with Crippen molar-refractivity contribution >= 4 is 5.69 Å². The van der Waals surface area contributed by atoms with Crippen molar-refractivity contribution in [3.8, 4) is 0 Å². The number of nitro groups is 1. The van der Waals surface area contributed by atoms with Crippen LogP contribution in [0.15, 0.2) is 24.3 Å². The molecule has 0 bridgehead atoms. The van der Waals surface area contributed by atoms with E-state index in [2.05, 4.69) is 12.2 Å². The highest BCUT2D eigenvalue weighted by atomic mass is 16.6. The Morgan fingerprint density at radius 1 is 1.40 bits per heavy atom. The van der Waals surface area contributed by atoms with Crippen molar-refractivity contribution in [2.75, 3.05) is 6.54 Å². The van der Waals surface area contributed by atoms with E-state index in [1.54, 1.807) is 12.1 Å². The van der Waals surface area contributed by atoms with Crippen molar-refractivity contribution in [3.05, 3.63) is 39.9 Å². The second-order valence-electron chi connectivity index (χ2n) is 3.42. The Bertz CT molecular complexity index is 326. The van der Waals surface area contributed by atoms with Crippen LogP contribution in [-0.4, -0.2) is 11.5 Å². The molecule has 0 radical (unpaired) electrons. The van der Waals surface area contributed by atoms with E-state index in [0.717, 1.165) is 24.9 Å². The zero-order chi connectivity index (χ0) is 11.1. The van der Waals surface area contributed by atoms with Gasteiger partial charge in [-0.2, -0.15) is 0 Å². The van der Waals surface area contributed by atoms with Crippen molar-refractivity contribution < 1.29 is 4.92 Å². The summed E-state index contributed by atoms with van der Waals surface area (Å²) in [6.07, 6.45) is 2.23. The van der Waals surface area contributed by atoms with E-state index >= 15 is 0 Å². The molecule has 0 aliphatic rings. The first-order valence-corrected chi connectivity index (χ1v) is 5.18. The number of nitrogens with zero attached hydrogens (tertiary/aromatic N) is 1. The lowest BCUT2D eigenvalue weighted by atomic mass is 10.2. The molecular formula is C11H16N2O2. The number of nitro benzene ring substituents is 1. The van der Waals surface area contributed by atoms with Crippen LogP contribution in [0.25, 0.3) is 0 Å².